The number of ketones is 1. The molecular formula is C24H22ClNO6. The van der Waals surface area contributed by atoms with Gasteiger partial charge in [0, 0.05) is 11.6 Å². The minimum absolute atomic E-state index is 0.00111. The Bertz CT molecular complexity index is 1140. The number of rotatable bonds is 3. The molecule has 2 aliphatic heterocycles. The van der Waals surface area contributed by atoms with Crippen LogP contribution in [0.1, 0.15) is 49.3 Å². The number of aromatic hydroxyl groups is 1. The Morgan fingerprint density at radius 2 is 1.75 bits per heavy atom. The molecule has 3 aliphatic rings. The second kappa shape index (κ2) is 8.06. The van der Waals surface area contributed by atoms with Gasteiger partial charge in [0.2, 0.25) is 6.79 Å². The summed E-state index contributed by atoms with van der Waals surface area (Å²) in [6.45, 7) is 0.0810. The lowest BCUT2D eigenvalue weighted by molar-refractivity contribution is -0.141. The van der Waals surface area contributed by atoms with Crippen LogP contribution in [0.3, 0.4) is 0 Å². The Hall–Kier alpha value is -3.19. The van der Waals surface area contributed by atoms with Gasteiger partial charge in [-0.15, -0.1) is 0 Å². The van der Waals surface area contributed by atoms with E-state index in [1.807, 2.05) is 0 Å². The Morgan fingerprint density at radius 1 is 1.00 bits per heavy atom. The molecule has 2 fully saturated rings. The molecule has 1 aliphatic carbocycles. The molecule has 0 radical (unpaired) electrons. The molecule has 8 heteroatoms. The average molecular weight is 456 g/mol. The van der Waals surface area contributed by atoms with E-state index in [1.165, 1.54) is 12.1 Å². The molecule has 2 aromatic rings. The highest BCUT2D eigenvalue weighted by molar-refractivity contribution is 6.46. The highest BCUT2D eigenvalue weighted by Gasteiger charge is 2.49. The van der Waals surface area contributed by atoms with E-state index in [0.717, 1.165) is 32.1 Å². The van der Waals surface area contributed by atoms with Crippen molar-refractivity contribution in [3.8, 4) is 17.2 Å². The Morgan fingerprint density at radius 3 is 2.50 bits per heavy atom. The molecule has 1 amide bonds. The van der Waals surface area contributed by atoms with Crippen molar-refractivity contribution in [3.63, 3.8) is 0 Å². The van der Waals surface area contributed by atoms with Gasteiger partial charge in [-0.3, -0.25) is 9.59 Å². The van der Waals surface area contributed by atoms with E-state index in [-0.39, 0.29) is 34.9 Å². The van der Waals surface area contributed by atoms with Crippen molar-refractivity contribution < 1.29 is 29.3 Å². The molecule has 0 bridgehead atoms. The minimum Gasteiger partial charge on any atom is -0.507 e. The Balaban J connectivity index is 1.66. The topological polar surface area (TPSA) is 96.3 Å². The van der Waals surface area contributed by atoms with E-state index in [9.17, 15) is 19.8 Å². The number of benzene rings is 2. The van der Waals surface area contributed by atoms with Crippen molar-refractivity contribution in [3.05, 3.63) is 58.1 Å². The molecule has 2 aromatic carbocycles. The first-order chi connectivity index (χ1) is 15.5. The maximum Gasteiger partial charge on any atom is 0.295 e. The molecule has 2 N–H and O–H groups in total. The van der Waals surface area contributed by atoms with Crippen LogP contribution in [0.25, 0.3) is 5.76 Å². The summed E-state index contributed by atoms with van der Waals surface area (Å²) in [5.74, 6) is -0.742. The largest absolute Gasteiger partial charge is 0.507 e. The van der Waals surface area contributed by atoms with Crippen molar-refractivity contribution in [1.82, 2.24) is 4.90 Å². The third kappa shape index (κ3) is 3.37. The second-order valence-corrected chi connectivity index (χ2v) is 8.68. The number of Topliss-reactive ketones (excluding diaryl/α,β-unsaturated/α-hetero) is 1. The maximum absolute atomic E-state index is 13.2. The smallest absolute Gasteiger partial charge is 0.295 e. The van der Waals surface area contributed by atoms with E-state index in [2.05, 4.69) is 0 Å². The molecule has 1 atom stereocenters. The number of aliphatic hydroxyl groups is 1. The van der Waals surface area contributed by atoms with Gasteiger partial charge in [0.05, 0.1) is 16.6 Å². The molecule has 1 saturated carbocycles. The van der Waals surface area contributed by atoms with Gasteiger partial charge in [-0.05, 0) is 48.7 Å². The zero-order valence-electron chi connectivity index (χ0n) is 17.2. The van der Waals surface area contributed by atoms with Crippen molar-refractivity contribution in [2.24, 2.45) is 0 Å². The SMILES string of the molecule is O=C1C(=O)N(C2CCCCC2)C(c2ccc(O)c(Cl)c2)/C1=C(/O)c1ccc2c(c1)OCO2. The Labute approximate surface area is 189 Å². The fourth-order valence-corrected chi connectivity index (χ4v) is 4.99. The van der Waals surface area contributed by atoms with Crippen LogP contribution in [0.15, 0.2) is 42.0 Å². The van der Waals surface area contributed by atoms with E-state index in [0.29, 0.717) is 22.6 Å². The zero-order chi connectivity index (χ0) is 22.4. The number of phenolic OH excluding ortho intramolecular Hbond substituents is 1. The van der Waals surface area contributed by atoms with Crippen molar-refractivity contribution in [2.75, 3.05) is 6.79 Å². The number of ether oxygens (including phenoxy) is 2. The quantitative estimate of drug-likeness (QED) is 0.401. The monoisotopic (exact) mass is 455 g/mol. The van der Waals surface area contributed by atoms with Gasteiger partial charge in [-0.25, -0.2) is 0 Å². The summed E-state index contributed by atoms with van der Waals surface area (Å²) in [6, 6.07) is 8.54. The van der Waals surface area contributed by atoms with Gasteiger partial charge in [-0.2, -0.15) is 0 Å². The van der Waals surface area contributed by atoms with E-state index in [1.54, 1.807) is 29.2 Å². The number of hydrogen-bond acceptors (Lipinski definition) is 6. The van der Waals surface area contributed by atoms with Gasteiger partial charge in [0.25, 0.3) is 11.7 Å². The fraction of sp³-hybridized carbons (Fsp3) is 0.333. The number of halogens is 1. The fourth-order valence-electron chi connectivity index (χ4n) is 4.81. The highest BCUT2D eigenvalue weighted by atomic mass is 35.5. The number of nitrogens with zero attached hydrogens (tertiary/aromatic N) is 1. The number of amides is 1. The summed E-state index contributed by atoms with van der Waals surface area (Å²) >= 11 is 6.16. The van der Waals surface area contributed by atoms with Crippen LogP contribution in [-0.4, -0.2) is 39.6 Å². The second-order valence-electron chi connectivity index (χ2n) is 8.28. The van der Waals surface area contributed by atoms with Gasteiger partial charge in [-0.1, -0.05) is 36.9 Å². The van der Waals surface area contributed by atoms with Crippen molar-refractivity contribution in [1.29, 1.82) is 0 Å². The summed E-state index contributed by atoms with van der Waals surface area (Å²) in [6.07, 6.45) is 4.61. The molecule has 2 heterocycles. The molecule has 1 unspecified atom stereocenters. The predicted octanol–water partition coefficient (Wildman–Crippen LogP) is 4.53. The number of carbonyl (C=O) groups is 2. The number of phenols is 1. The van der Waals surface area contributed by atoms with Crippen LogP contribution in [0, 0.1) is 0 Å². The lowest BCUT2D eigenvalue weighted by atomic mass is 9.91. The van der Waals surface area contributed by atoms with Crippen LogP contribution < -0.4 is 9.47 Å². The van der Waals surface area contributed by atoms with E-state index < -0.39 is 17.7 Å². The summed E-state index contributed by atoms with van der Waals surface area (Å²) in [5, 5.41) is 21.2. The number of likely N-dealkylation sites (tertiary alicyclic amines) is 1. The zero-order valence-corrected chi connectivity index (χ0v) is 18.0. The minimum atomic E-state index is -0.804. The van der Waals surface area contributed by atoms with Crippen LogP contribution in [0.2, 0.25) is 5.02 Å². The van der Waals surface area contributed by atoms with Gasteiger partial charge in [0.15, 0.2) is 11.5 Å². The van der Waals surface area contributed by atoms with E-state index in [4.69, 9.17) is 21.1 Å². The number of hydrogen-bond donors (Lipinski definition) is 2. The van der Waals surface area contributed by atoms with Crippen molar-refractivity contribution in [2.45, 2.75) is 44.2 Å². The molecule has 166 valence electrons. The normalized spacial score (nSPS) is 22.5. The van der Waals surface area contributed by atoms with Crippen LogP contribution in [0.5, 0.6) is 17.2 Å². The maximum atomic E-state index is 13.2. The molecule has 32 heavy (non-hydrogen) atoms. The summed E-state index contributed by atoms with van der Waals surface area (Å²) in [5.41, 5.74) is 0.909. The first-order valence-corrected chi connectivity index (χ1v) is 11.0. The number of fused-ring (bicyclic) bond motifs is 1. The van der Waals surface area contributed by atoms with Crippen molar-refractivity contribution >= 4 is 29.1 Å². The molecule has 1 saturated heterocycles. The molecule has 0 aromatic heterocycles. The molecule has 7 nitrogen and oxygen atoms in total. The molecule has 0 spiro atoms. The summed E-state index contributed by atoms with van der Waals surface area (Å²) < 4.78 is 10.7. The summed E-state index contributed by atoms with van der Waals surface area (Å²) in [4.78, 5) is 28.0. The lowest BCUT2D eigenvalue weighted by Crippen LogP contribution is -2.40. The Kier molecular flexibility index (Phi) is 5.21. The van der Waals surface area contributed by atoms with Crippen LogP contribution >= 0.6 is 11.6 Å². The van der Waals surface area contributed by atoms with Gasteiger partial charge in [0.1, 0.15) is 11.5 Å². The van der Waals surface area contributed by atoms with Crippen LogP contribution in [0.4, 0.5) is 0 Å². The first kappa shape index (κ1) is 20.7. The average Bonchev–Trinajstić information content (AvgIpc) is 3.38. The third-order valence-corrected chi connectivity index (χ3v) is 6.68. The van der Waals surface area contributed by atoms with Crippen LogP contribution in [-0.2, 0) is 9.59 Å². The van der Waals surface area contributed by atoms with E-state index >= 15 is 0 Å². The highest BCUT2D eigenvalue weighted by Crippen LogP contribution is 2.45. The number of carbonyl (C=O) groups excluding carboxylic acids is 2. The first-order valence-electron chi connectivity index (χ1n) is 10.6. The van der Waals surface area contributed by atoms with Gasteiger partial charge < -0.3 is 24.6 Å². The molecule has 5 rings (SSSR count). The third-order valence-electron chi connectivity index (χ3n) is 6.38. The lowest BCUT2D eigenvalue weighted by Gasteiger charge is -2.35. The molecular weight excluding hydrogens is 434 g/mol. The number of aliphatic hydroxyl groups excluding tert-OH is 1. The predicted molar refractivity (Wildman–Crippen MR) is 117 cm³/mol. The summed E-state index contributed by atoms with van der Waals surface area (Å²) in [7, 11) is 0. The standard InChI is InChI=1S/C24H22ClNO6/c25-16-10-13(6-8-17(16)27)21-20(22(28)14-7-9-18-19(11-14)32-12-31-18)23(29)24(30)26(21)15-4-2-1-3-5-15/h6-11,15,21,27-28H,1-5,12H2/b22-20-. The van der Waals surface area contributed by atoms with Gasteiger partial charge >= 0.3 is 0 Å².